The fraction of sp³-hybridized carbons (Fsp3) is 0.441. The van der Waals surface area contributed by atoms with Gasteiger partial charge in [-0.1, -0.05) is 191 Å². The molecule has 5 amide bonds. The molecule has 15 N–H and O–H groups in total. The van der Waals surface area contributed by atoms with Gasteiger partial charge in [-0.2, -0.15) is 0 Å². The van der Waals surface area contributed by atoms with Crippen molar-refractivity contribution in [1.29, 1.82) is 0 Å². The van der Waals surface area contributed by atoms with Gasteiger partial charge in [-0.15, -0.1) is 0 Å². The van der Waals surface area contributed by atoms with Crippen LogP contribution in [0, 0.1) is 0 Å². The summed E-state index contributed by atoms with van der Waals surface area (Å²) in [6.45, 7) is 9.00. The van der Waals surface area contributed by atoms with Crippen molar-refractivity contribution in [1.82, 2.24) is 69.1 Å². The lowest BCUT2D eigenvalue weighted by atomic mass is 9.89. The van der Waals surface area contributed by atoms with Gasteiger partial charge in [0.25, 0.3) is 29.5 Å². The molecule has 0 bridgehead atoms. The second-order valence-corrected chi connectivity index (χ2v) is 37.3. The van der Waals surface area contributed by atoms with Crippen LogP contribution in [0.3, 0.4) is 0 Å². The highest BCUT2D eigenvalue weighted by molar-refractivity contribution is 9.10. The summed E-state index contributed by atoms with van der Waals surface area (Å²) in [5.74, 6) is 3.22. The van der Waals surface area contributed by atoms with E-state index in [4.69, 9.17) is 30.5 Å². The number of phenolic OH excluding ortho intramolecular Hbond substituents is 1. The first kappa shape index (κ1) is 90.0. The Labute approximate surface area is 770 Å². The van der Waals surface area contributed by atoms with E-state index in [1.54, 1.807) is 13.2 Å². The number of anilines is 2. The molecule has 680 valence electrons. The number of rotatable bonds is 17. The normalized spacial score (nSPS) is 26.1. The molecule has 0 radical (unpaired) electrons. The molecule has 21 rings (SSSR count). The number of unbranched alkanes of at least 4 members (excludes halogenated alkanes) is 2. The molecule has 10 heterocycles. The molecule has 27 heteroatoms. The van der Waals surface area contributed by atoms with Crippen molar-refractivity contribution >= 4 is 68.4 Å². The van der Waals surface area contributed by atoms with E-state index >= 15 is 0 Å². The summed E-state index contributed by atoms with van der Waals surface area (Å²) < 4.78 is 24.6. The number of methoxy groups -OCH3 is 1. The van der Waals surface area contributed by atoms with E-state index in [9.17, 15) is 29.1 Å². The molecule has 0 aromatic heterocycles. The van der Waals surface area contributed by atoms with Gasteiger partial charge >= 0.3 is 0 Å². The predicted molar refractivity (Wildman–Crippen MR) is 506 cm³/mol. The lowest BCUT2D eigenvalue weighted by Gasteiger charge is -2.34. The van der Waals surface area contributed by atoms with Gasteiger partial charge in [0.2, 0.25) is 0 Å². The van der Waals surface area contributed by atoms with Crippen LogP contribution < -0.4 is 98.3 Å². The Bertz CT molecular complexity index is 5400. The van der Waals surface area contributed by atoms with Gasteiger partial charge in [-0.05, 0) is 148 Å². The molecule has 0 spiro atoms. The Kier molecular flexibility index (Phi) is 29.2. The zero-order chi connectivity index (χ0) is 89.0. The highest BCUT2D eigenvalue weighted by Crippen LogP contribution is 2.46. The van der Waals surface area contributed by atoms with Crippen LogP contribution in [-0.2, 0) is 30.6 Å². The number of hydrogen-bond acceptors (Lipinski definition) is 20. The van der Waals surface area contributed by atoms with E-state index in [0.29, 0.717) is 112 Å². The molecule has 129 heavy (non-hydrogen) atoms. The smallest absolute Gasteiger partial charge is 0.251 e. The lowest BCUT2D eigenvalue weighted by molar-refractivity contribution is -0.117. The average molecular weight is 1830 g/mol. The number of nitrogens with zero attached hydrogens (tertiary/aromatic N) is 1. The van der Waals surface area contributed by atoms with Crippen molar-refractivity contribution in [2.75, 3.05) is 70.3 Å². The predicted octanol–water partition coefficient (Wildman–Crippen LogP) is 14.2. The van der Waals surface area contributed by atoms with Crippen LogP contribution in [0.2, 0.25) is 5.02 Å². The second-order valence-electron chi connectivity index (χ2n) is 35.9. The maximum absolute atomic E-state index is 12.8. The van der Waals surface area contributed by atoms with Crippen LogP contribution in [0.1, 0.15) is 206 Å². The number of amides is 5. The zero-order valence-corrected chi connectivity index (χ0v) is 76.6. The van der Waals surface area contributed by atoms with Crippen molar-refractivity contribution in [3.05, 3.63) is 263 Å². The lowest BCUT2D eigenvalue weighted by Crippen LogP contribution is -2.49. The first-order chi connectivity index (χ1) is 63.0. The Morgan fingerprint density at radius 3 is 1.33 bits per heavy atom. The van der Waals surface area contributed by atoms with Gasteiger partial charge in [0.05, 0.1) is 122 Å². The number of aromatic hydroxyl groups is 1. The summed E-state index contributed by atoms with van der Waals surface area (Å²) in [5.41, 5.74) is 17.2. The molecule has 14 aliphatic rings. The third-order valence-electron chi connectivity index (χ3n) is 27.6. The van der Waals surface area contributed by atoms with Gasteiger partial charge < -0.3 is 103 Å². The van der Waals surface area contributed by atoms with Crippen molar-refractivity contribution in [2.45, 2.75) is 227 Å². The number of fused-ring (bicyclic) bond motifs is 5. The second kappa shape index (κ2) is 41.8. The molecule has 7 aromatic carbocycles. The number of benzene rings is 7. The largest absolute Gasteiger partial charge is 0.507 e. The van der Waals surface area contributed by atoms with E-state index in [0.717, 1.165) is 194 Å². The highest BCUT2D eigenvalue weighted by atomic mass is 79.9. The zero-order valence-electron chi connectivity index (χ0n) is 74.2. The number of phenols is 1. The number of carbonyl (C=O) groups excluding carboxylic acids is 5. The van der Waals surface area contributed by atoms with E-state index in [1.807, 2.05) is 134 Å². The molecule has 1 unspecified atom stereocenters. The van der Waals surface area contributed by atoms with Crippen LogP contribution in [0.25, 0.3) is 0 Å². The number of nitrogens with one attached hydrogen (secondary N) is 14. The molecular weight excluding hydrogens is 1710 g/mol. The molecule has 0 saturated heterocycles. The van der Waals surface area contributed by atoms with E-state index < -0.39 is 0 Å². The van der Waals surface area contributed by atoms with Gasteiger partial charge in [-0.3, -0.25) is 24.0 Å². The molecule has 13 atom stereocenters. The van der Waals surface area contributed by atoms with Gasteiger partial charge in [0.1, 0.15) is 35.4 Å². The third kappa shape index (κ3) is 20.5. The Hall–Kier alpha value is -11.0. The van der Waals surface area contributed by atoms with Crippen LogP contribution in [0.15, 0.2) is 225 Å². The molecule has 4 saturated carbocycles. The van der Waals surface area contributed by atoms with Gasteiger partial charge in [0, 0.05) is 122 Å². The number of halogens is 2. The van der Waals surface area contributed by atoms with Crippen molar-refractivity contribution in [2.24, 2.45) is 0 Å². The minimum Gasteiger partial charge on any atom is -0.507 e. The maximum atomic E-state index is 12.8. The number of ether oxygens (including phenoxy) is 4. The number of carbonyl (C=O) groups is 5. The standard InChI is InChI=1S/C25H37N3O3.C24H27N3O3.C18H16BrN3O.C18H23N3O2.C17H20ClN3O/c1-3-5-13-30-17-11-12-18(22(15-17)31-14-6-4-2)24-23-21(16-26-25(23)29)27-19-9-7-8-10-20(19)28-24;28-21-12-16(30-14-15-6-2-1-3-7-15)10-11-17(21)23-22-20(13-25-24(22)29)26-18-8-4-5-9-19(18)27-23;1-22-15-5-3-2-4-13(15)21-14-10-20-18(23)16(14)17(22)11-6-8-12(19)9-7-11;1-23-15-9-5-2-6-11(15)17-16-14(10-19-18(16)22)20-12-7-3-4-8-13(12)21-17;18-11-7-5-10(6-8-11)16-15-14(9-19-17(15)22)20-12-3-1-2-4-13(12)21-16/h11-12,15,19-20,24,27-28H,3-10,13-14,16H2,1-2H3,(H,26,29);1-3,6-7,10-12,18-19,23,26-28H,4-5,8-9,13-14H2,(H,25,29);2-9,17,21H,10H2,1H3,(H,20,23);2,5-6,9,12-13,17,20-21H,3-4,7-8,10H2,1H3,(H,19,22);5-8,12-13,16,20-21H,1-4,9H2,(H,19,22)/t19-,20-,24-;18-,19-,23-;;12-,13-,17-;12-,13-,16-/m11.11/s1. The van der Waals surface area contributed by atoms with E-state index in [-0.39, 0.29) is 71.5 Å². The molecule has 4 aliphatic carbocycles. The molecule has 25 nitrogen and oxygen atoms in total. The number of likely N-dealkylation sites (N-methyl/N-ethyl adjacent to an activating group) is 1. The minimum absolute atomic E-state index is 0.0000693. The van der Waals surface area contributed by atoms with Crippen molar-refractivity contribution in [3.63, 3.8) is 0 Å². The Balaban J connectivity index is 0.000000114. The summed E-state index contributed by atoms with van der Waals surface area (Å²) in [6.07, 6.45) is 23.1. The summed E-state index contributed by atoms with van der Waals surface area (Å²) in [4.78, 5) is 64.9. The first-order valence-electron chi connectivity index (χ1n) is 46.8. The fourth-order valence-corrected chi connectivity index (χ4v) is 21.3. The Morgan fingerprint density at radius 1 is 0.411 bits per heavy atom. The molecule has 10 aliphatic heterocycles. The van der Waals surface area contributed by atoms with Crippen molar-refractivity contribution < 1.29 is 48.0 Å². The minimum atomic E-state index is -0.341. The van der Waals surface area contributed by atoms with Crippen LogP contribution in [-0.4, -0.2) is 143 Å². The number of hydrogen-bond donors (Lipinski definition) is 15. The van der Waals surface area contributed by atoms with Gasteiger partial charge in [0.15, 0.2) is 0 Å². The topological polar surface area (TPSA) is 314 Å². The van der Waals surface area contributed by atoms with Crippen LogP contribution in [0.5, 0.6) is 28.7 Å². The summed E-state index contributed by atoms with van der Waals surface area (Å²) in [5, 5.41) is 59.4. The fourth-order valence-electron chi connectivity index (χ4n) is 20.9. The van der Waals surface area contributed by atoms with Crippen LogP contribution in [0.4, 0.5) is 11.4 Å². The monoisotopic (exact) mass is 1830 g/mol. The molecule has 4 fully saturated rings. The Morgan fingerprint density at radius 2 is 0.822 bits per heavy atom. The highest BCUT2D eigenvalue weighted by Gasteiger charge is 2.46. The summed E-state index contributed by atoms with van der Waals surface area (Å²) in [6, 6.07) is 55.6. The SMILES string of the molecule is CCCCOc1ccc([C@H]2N[C@@H]3CCCC[C@H]3NC3=C2C(=O)NC3)c(OCCCC)c1.CN1c2ccccc2NC2=C(C(=O)NC2)C1c1ccc(Br)cc1.COc1ccccc1[C@H]1N[C@@H]2CCCC[C@H]2NC2=C1C(=O)NC2.O=C1NCC2=C1[C@@H](c1ccc(Cl)cc1)N[C@@H]1CCCC[C@H]1N2.O=C1NCC2=C1[C@@H](c1ccc(OCc3ccccc3)cc1O)N[C@@H]1CCCC[C@H]1N2. The van der Waals surface area contributed by atoms with Crippen LogP contribution >= 0.6 is 27.5 Å². The maximum Gasteiger partial charge on any atom is 0.251 e. The first-order valence-corrected chi connectivity index (χ1v) is 48.0. The molecule has 7 aromatic rings. The van der Waals surface area contributed by atoms with Crippen molar-refractivity contribution in [3.8, 4) is 28.7 Å². The molecular formula is C102H123BrClN15O10. The summed E-state index contributed by atoms with van der Waals surface area (Å²) >= 11 is 9.49. The average Bonchev–Trinajstić information content (AvgIpc) is 1.62. The van der Waals surface area contributed by atoms with E-state index in [2.05, 4.69) is 139 Å². The van der Waals surface area contributed by atoms with Gasteiger partial charge in [-0.25, -0.2) is 0 Å². The van der Waals surface area contributed by atoms with E-state index in [1.165, 1.54) is 51.4 Å². The number of para-hydroxylation sites is 3. The summed E-state index contributed by atoms with van der Waals surface area (Å²) in [7, 11) is 3.72. The quantitative estimate of drug-likeness (QED) is 0.0377. The third-order valence-corrected chi connectivity index (χ3v) is 28.4.